The van der Waals surface area contributed by atoms with Crippen LogP contribution < -0.4 is 20.3 Å². The van der Waals surface area contributed by atoms with Crippen molar-refractivity contribution in [2.45, 2.75) is 116 Å². The van der Waals surface area contributed by atoms with Crippen molar-refractivity contribution in [1.82, 2.24) is 29.6 Å². The number of thioether (sulfide) groups is 1. The molecule has 4 fully saturated rings. The fourth-order valence-electron chi connectivity index (χ4n) is 13.1. The number of anilines is 2. The Morgan fingerprint density at radius 2 is 1.50 bits per heavy atom. The van der Waals surface area contributed by atoms with Crippen molar-refractivity contribution in [2.75, 3.05) is 68.3 Å². The quantitative estimate of drug-likeness (QED) is 0.0400. The summed E-state index contributed by atoms with van der Waals surface area (Å²) in [5.41, 5.74) is -1.79. The average molecular weight is 1290 g/mol. The van der Waals surface area contributed by atoms with Gasteiger partial charge < -0.3 is 15.1 Å². The van der Waals surface area contributed by atoms with Crippen LogP contribution in [0.15, 0.2) is 129 Å². The highest BCUT2D eigenvalue weighted by Gasteiger charge is 2.50. The first-order valence-corrected chi connectivity index (χ1v) is 33.7. The van der Waals surface area contributed by atoms with E-state index in [-0.39, 0.29) is 59.3 Å². The maximum atomic E-state index is 16.4. The van der Waals surface area contributed by atoms with Gasteiger partial charge in [-0.25, -0.2) is 25.9 Å². The van der Waals surface area contributed by atoms with Crippen LogP contribution in [0.3, 0.4) is 0 Å². The van der Waals surface area contributed by atoms with E-state index in [1.165, 1.54) is 52.7 Å². The zero-order chi connectivity index (χ0) is 62.5. The molecule has 1 aliphatic carbocycles. The van der Waals surface area contributed by atoms with Gasteiger partial charge in [-0.1, -0.05) is 67.4 Å². The number of likely N-dealkylation sites (tertiary alicyclic amines) is 1. The Morgan fingerprint density at radius 3 is 2.17 bits per heavy atom. The number of sulfonamides is 1. The number of alkyl halides is 3. The topological polar surface area (TPSA) is 206 Å². The number of benzene rings is 5. The van der Waals surface area contributed by atoms with Crippen LogP contribution in [0.25, 0.3) is 5.57 Å². The van der Waals surface area contributed by atoms with E-state index in [2.05, 4.69) is 56.2 Å². The summed E-state index contributed by atoms with van der Waals surface area (Å²) in [7, 11) is -11.2. The number of hydrogen-bond donors (Lipinski definition) is 3. The van der Waals surface area contributed by atoms with Crippen molar-refractivity contribution in [3.63, 3.8) is 0 Å². The molecule has 0 aromatic heterocycles. The first-order valence-electron chi connectivity index (χ1n) is 29.3. The molecule has 17 nitrogen and oxygen atoms in total. The molecule has 88 heavy (non-hydrogen) atoms. The highest BCUT2D eigenvalue weighted by Crippen LogP contribution is 2.44. The molecule has 0 saturated carbocycles. The Balaban J connectivity index is 0.741. The van der Waals surface area contributed by atoms with Gasteiger partial charge in [-0.3, -0.25) is 44.0 Å². The largest absolute Gasteiger partial charge is 0.501 e. The summed E-state index contributed by atoms with van der Waals surface area (Å²) in [6, 6.07) is 26.6. The number of hydrogen-bond acceptors (Lipinski definition) is 15. The van der Waals surface area contributed by atoms with Crippen LogP contribution >= 0.6 is 23.4 Å². The second-order valence-corrected chi connectivity index (χ2v) is 29.4. The minimum Gasteiger partial charge on any atom is -0.380 e. The van der Waals surface area contributed by atoms with E-state index in [0.717, 1.165) is 79.4 Å². The van der Waals surface area contributed by atoms with Gasteiger partial charge in [0.15, 0.2) is 0 Å². The molecule has 3 N–H and O–H groups in total. The molecule has 0 spiro atoms. The van der Waals surface area contributed by atoms with Gasteiger partial charge in [0, 0.05) is 116 Å². The maximum absolute atomic E-state index is 16.4. The van der Waals surface area contributed by atoms with E-state index in [0.29, 0.717) is 50.2 Å². The van der Waals surface area contributed by atoms with E-state index in [4.69, 9.17) is 11.6 Å². The summed E-state index contributed by atoms with van der Waals surface area (Å²) >= 11 is 7.60. The summed E-state index contributed by atoms with van der Waals surface area (Å²) in [6.45, 7) is 9.96. The number of sulfone groups is 1. The molecular formula is C63H67ClF4N8O9S3. The van der Waals surface area contributed by atoms with Crippen LogP contribution in [-0.2, 0) is 36.0 Å². The molecule has 5 aromatic carbocycles. The van der Waals surface area contributed by atoms with Gasteiger partial charge in [-0.15, -0.1) is 11.8 Å². The van der Waals surface area contributed by atoms with E-state index in [9.17, 15) is 54.0 Å². The van der Waals surface area contributed by atoms with Crippen LogP contribution in [0.5, 0.6) is 0 Å². The number of amides is 5. The number of carbonyl (C=O) groups excluding carboxylic acids is 5. The van der Waals surface area contributed by atoms with Crippen molar-refractivity contribution in [1.29, 1.82) is 0 Å². The Hall–Kier alpha value is -6.67. The third-order valence-corrected chi connectivity index (χ3v) is 22.0. The predicted molar refractivity (Wildman–Crippen MR) is 326 cm³/mol. The summed E-state index contributed by atoms with van der Waals surface area (Å²) in [4.78, 5) is 73.1. The second kappa shape index (κ2) is 25.3. The average Bonchev–Trinajstić information content (AvgIpc) is 1.50. The molecular weight excluding hydrogens is 1220 g/mol. The third-order valence-electron chi connectivity index (χ3n) is 17.8. The van der Waals surface area contributed by atoms with Crippen molar-refractivity contribution in [3.05, 3.63) is 153 Å². The maximum Gasteiger partial charge on any atom is 0.501 e. The van der Waals surface area contributed by atoms with Crippen LogP contribution in [0.4, 0.5) is 28.9 Å². The molecule has 5 aliphatic heterocycles. The van der Waals surface area contributed by atoms with Crippen LogP contribution in [0.2, 0.25) is 5.02 Å². The second-order valence-electron chi connectivity index (χ2n) is 24.3. The minimum absolute atomic E-state index is 0.0480. The zero-order valence-corrected chi connectivity index (χ0v) is 51.7. The van der Waals surface area contributed by atoms with Gasteiger partial charge in [-0.2, -0.15) is 13.2 Å². The molecule has 11 rings (SSSR count). The fourth-order valence-corrected chi connectivity index (χ4v) is 16.2. The molecule has 25 heteroatoms. The fraction of sp³-hybridized carbons (Fsp3) is 0.413. The molecule has 0 radical (unpaired) electrons. The van der Waals surface area contributed by atoms with Crippen molar-refractivity contribution >= 4 is 89.7 Å². The minimum atomic E-state index is -6.20. The van der Waals surface area contributed by atoms with Gasteiger partial charge in [0.05, 0.1) is 21.7 Å². The first-order chi connectivity index (χ1) is 41.8. The van der Waals surface area contributed by atoms with Crippen molar-refractivity contribution in [2.24, 2.45) is 5.41 Å². The number of nitrogens with zero attached hydrogens (tertiary/aromatic N) is 5. The lowest BCUT2D eigenvalue weighted by molar-refractivity contribution is -0.136. The highest BCUT2D eigenvalue weighted by atomic mass is 35.5. The number of halogens is 5. The van der Waals surface area contributed by atoms with Gasteiger partial charge in [0.1, 0.15) is 16.8 Å². The van der Waals surface area contributed by atoms with Gasteiger partial charge >= 0.3 is 5.51 Å². The summed E-state index contributed by atoms with van der Waals surface area (Å²) in [5, 5.41) is 5.85. The number of imide groups is 2. The Kier molecular flexibility index (Phi) is 18.1. The monoisotopic (exact) mass is 1290 g/mol. The lowest BCUT2D eigenvalue weighted by atomic mass is 9.73. The number of carbonyl (C=O) groups is 5. The van der Waals surface area contributed by atoms with Gasteiger partial charge in [-0.05, 0) is 134 Å². The Labute approximate surface area is 518 Å². The van der Waals surface area contributed by atoms with Crippen LogP contribution in [0.1, 0.15) is 107 Å². The Bertz CT molecular complexity index is 3800. The molecule has 5 amide bonds. The number of fused-ring (bicyclic) bond motifs is 3. The summed E-state index contributed by atoms with van der Waals surface area (Å²) in [6.07, 6.45) is 4.72. The van der Waals surface area contributed by atoms with Crippen molar-refractivity contribution < 1.29 is 58.4 Å². The number of allylic oxidation sites excluding steroid dienone is 1. The normalized spacial score (nSPS) is 21.6. The summed E-state index contributed by atoms with van der Waals surface area (Å²) in [5.74, 6) is -4.79. The lowest BCUT2D eigenvalue weighted by Crippen LogP contribution is -2.54. The smallest absolute Gasteiger partial charge is 0.380 e. The molecule has 6 aliphatic rings. The van der Waals surface area contributed by atoms with E-state index in [1.807, 2.05) is 47.2 Å². The molecule has 4 atom stereocenters. The molecule has 4 unspecified atom stereocenters. The Morgan fingerprint density at radius 1 is 0.807 bits per heavy atom. The highest BCUT2D eigenvalue weighted by molar-refractivity contribution is 7.99. The van der Waals surface area contributed by atoms with Crippen LogP contribution in [0, 0.1) is 11.2 Å². The predicted octanol–water partition coefficient (Wildman–Crippen LogP) is 9.39. The lowest BCUT2D eigenvalue weighted by Gasteiger charge is -2.41. The van der Waals surface area contributed by atoms with Gasteiger partial charge in [0.25, 0.3) is 37.6 Å². The molecule has 5 heterocycles. The zero-order valence-electron chi connectivity index (χ0n) is 48.5. The number of rotatable bonds is 19. The molecule has 4 saturated heterocycles. The number of nitrogens with one attached hydrogen (secondary N) is 3. The summed E-state index contributed by atoms with van der Waals surface area (Å²) < 4.78 is 117. The van der Waals surface area contributed by atoms with Crippen LogP contribution in [-0.4, -0.2) is 154 Å². The SMILES string of the molecule is CC1(C)CCC(c2ccc(Cl)cc2)=C(CN2CCN(c3ccc(C(=O)NS(=O)(=O)c4ccc(NC(CCN5CC6CCC(C5)N6Cc5ccc6c(c5F)C(=O)N(C5CCC(=O)NC5=O)C6=O)CSc5ccccc5)c(S(=O)(=O)C(F)(F)F)c4)cc3)CC2)C1. The number of piperidine rings is 1. The number of piperazine rings is 2. The molecule has 5 aromatic rings. The molecule has 2 bridgehead atoms. The van der Waals surface area contributed by atoms with Gasteiger partial charge in [0.2, 0.25) is 11.8 Å². The van der Waals surface area contributed by atoms with E-state index >= 15 is 4.39 Å². The third kappa shape index (κ3) is 13.4. The van der Waals surface area contributed by atoms with E-state index in [1.54, 1.807) is 12.1 Å². The first kappa shape index (κ1) is 62.9. The van der Waals surface area contributed by atoms with E-state index < -0.39 is 93.8 Å². The standard InChI is InChI=1S/C63H67ClF4N8O9S3/c1-62(2)26-24-50(39-8-13-43(64)14-9-39)42(33-62)34-72-28-30-74(31-29-72)45-15-10-40(11-16-45)58(78)71-88(84,85)49-19-21-52(54(32-49)87(82,83)63(66,67)68)69-44(38-86-48-6-4-3-5-7-48)25-27-73-36-46-17-18-47(37-73)75(46)35-41-12-20-51-56(57(41)65)61(81)76(60(51)80)53-22-23-55(77)70-59(53)79/h3-16,19-21,32,44,46-47,53,69H,17-18,22-31,33-38H2,1-2H3,(H,71,78)(H,70,77,79). The van der Waals surface area contributed by atoms with Crippen molar-refractivity contribution in [3.8, 4) is 0 Å². The molecule has 466 valence electrons.